The Balaban J connectivity index is 2.10. The fraction of sp³-hybridized carbons (Fsp3) is 0.750. The molecule has 0 aliphatic carbocycles. The van der Waals surface area contributed by atoms with Crippen molar-refractivity contribution in [2.45, 2.75) is 51.7 Å². The number of hydrogen-bond donors (Lipinski definition) is 0. The normalized spacial score (nSPS) is 24.5. The number of aromatic nitrogens is 3. The van der Waals surface area contributed by atoms with Crippen molar-refractivity contribution in [3.63, 3.8) is 0 Å². The minimum atomic E-state index is -0.617. The maximum atomic E-state index is 12.2. The van der Waals surface area contributed by atoms with E-state index in [1.807, 2.05) is 20.8 Å². The smallest absolute Gasteiger partial charge is 0.171 e. The van der Waals surface area contributed by atoms with E-state index in [2.05, 4.69) is 10.1 Å². The number of rotatable bonds is 4. The molecule has 1 aromatic rings. The van der Waals surface area contributed by atoms with Crippen LogP contribution in [0.4, 0.5) is 0 Å². The van der Waals surface area contributed by atoms with Crippen LogP contribution in [-0.4, -0.2) is 32.8 Å². The molecule has 1 aliphatic rings. The number of ketones is 1. The van der Waals surface area contributed by atoms with Gasteiger partial charge in [0.15, 0.2) is 5.78 Å². The van der Waals surface area contributed by atoms with Crippen LogP contribution in [0.2, 0.25) is 0 Å². The lowest BCUT2D eigenvalue weighted by Gasteiger charge is -2.21. The molecule has 17 heavy (non-hydrogen) atoms. The lowest BCUT2D eigenvalue weighted by Crippen LogP contribution is -2.36. The van der Waals surface area contributed by atoms with Crippen LogP contribution in [0.25, 0.3) is 0 Å². The van der Waals surface area contributed by atoms with Crippen LogP contribution in [0.15, 0.2) is 6.33 Å². The average Bonchev–Trinajstić information content (AvgIpc) is 2.87. The number of carbonyl (C=O) groups excluding carboxylic acids is 1. The fourth-order valence-corrected chi connectivity index (χ4v) is 2.16. The monoisotopic (exact) mass is 237 g/mol. The maximum Gasteiger partial charge on any atom is 0.171 e. The first-order chi connectivity index (χ1) is 8.03. The van der Waals surface area contributed by atoms with Gasteiger partial charge in [0.1, 0.15) is 17.8 Å². The van der Waals surface area contributed by atoms with Crippen LogP contribution in [0.3, 0.4) is 0 Å². The summed E-state index contributed by atoms with van der Waals surface area (Å²) in [6, 6.07) is 0.220. The predicted octanol–water partition coefficient (Wildman–Crippen LogP) is 1.54. The van der Waals surface area contributed by atoms with E-state index < -0.39 is 5.60 Å². The number of nitrogens with zero attached hydrogens (tertiary/aromatic N) is 3. The summed E-state index contributed by atoms with van der Waals surface area (Å²) in [4.78, 5) is 16.4. The van der Waals surface area contributed by atoms with Crippen molar-refractivity contribution in [1.82, 2.24) is 14.8 Å². The first-order valence-corrected chi connectivity index (χ1v) is 6.08. The third-order valence-electron chi connectivity index (χ3n) is 3.26. The molecule has 0 amide bonds. The molecule has 1 saturated heterocycles. The molecule has 0 radical (unpaired) electrons. The largest absolute Gasteiger partial charge is 0.367 e. The van der Waals surface area contributed by atoms with Crippen LogP contribution >= 0.6 is 0 Å². The van der Waals surface area contributed by atoms with Gasteiger partial charge in [0, 0.05) is 12.6 Å². The van der Waals surface area contributed by atoms with Gasteiger partial charge < -0.3 is 4.74 Å². The Morgan fingerprint density at radius 2 is 2.41 bits per heavy atom. The number of carbonyl (C=O) groups is 1. The highest BCUT2D eigenvalue weighted by Crippen LogP contribution is 2.27. The van der Waals surface area contributed by atoms with Crippen LogP contribution in [0.5, 0.6) is 0 Å². The topological polar surface area (TPSA) is 57.0 Å². The van der Waals surface area contributed by atoms with Crippen molar-refractivity contribution in [1.29, 1.82) is 0 Å². The molecule has 94 valence electrons. The molecule has 5 nitrogen and oxygen atoms in total. The zero-order valence-corrected chi connectivity index (χ0v) is 10.6. The highest BCUT2D eigenvalue weighted by molar-refractivity contribution is 5.88. The maximum absolute atomic E-state index is 12.2. The standard InChI is InChI=1S/C12H19N3O2/c1-9(2)15-11(13-8-14-15)7-10(16)12(3)5-4-6-17-12/h8-9H,4-7H2,1-3H3. The summed E-state index contributed by atoms with van der Waals surface area (Å²) in [5.74, 6) is 0.826. The van der Waals surface area contributed by atoms with E-state index in [1.165, 1.54) is 6.33 Å². The molecule has 0 aromatic carbocycles. The summed E-state index contributed by atoms with van der Waals surface area (Å²) in [7, 11) is 0. The Kier molecular flexibility index (Phi) is 3.28. The van der Waals surface area contributed by atoms with Gasteiger partial charge in [0.25, 0.3) is 0 Å². The Morgan fingerprint density at radius 3 is 3.00 bits per heavy atom. The molecule has 1 fully saturated rings. The molecular weight excluding hydrogens is 218 g/mol. The number of ether oxygens (including phenoxy) is 1. The molecular formula is C12H19N3O2. The van der Waals surface area contributed by atoms with E-state index in [1.54, 1.807) is 4.68 Å². The minimum absolute atomic E-state index is 0.102. The molecule has 0 spiro atoms. The lowest BCUT2D eigenvalue weighted by molar-refractivity contribution is -0.136. The summed E-state index contributed by atoms with van der Waals surface area (Å²) in [6.07, 6.45) is 3.57. The van der Waals surface area contributed by atoms with Gasteiger partial charge in [-0.3, -0.25) is 4.79 Å². The molecule has 2 rings (SSSR count). The molecule has 1 atom stereocenters. The average molecular weight is 237 g/mol. The first-order valence-electron chi connectivity index (χ1n) is 6.08. The molecule has 0 N–H and O–H groups in total. The predicted molar refractivity (Wildman–Crippen MR) is 62.7 cm³/mol. The van der Waals surface area contributed by atoms with E-state index in [9.17, 15) is 4.79 Å². The minimum Gasteiger partial charge on any atom is -0.367 e. The Morgan fingerprint density at radius 1 is 1.65 bits per heavy atom. The zero-order chi connectivity index (χ0) is 12.5. The summed E-state index contributed by atoms with van der Waals surface area (Å²) in [5.41, 5.74) is -0.617. The van der Waals surface area contributed by atoms with Crippen molar-refractivity contribution in [3.05, 3.63) is 12.2 Å². The molecule has 0 bridgehead atoms. The van der Waals surface area contributed by atoms with E-state index in [4.69, 9.17) is 4.74 Å². The van der Waals surface area contributed by atoms with Gasteiger partial charge in [0.05, 0.1) is 6.42 Å². The summed E-state index contributed by atoms with van der Waals surface area (Å²) in [5, 5.41) is 4.13. The molecule has 1 aromatic heterocycles. The van der Waals surface area contributed by atoms with E-state index >= 15 is 0 Å². The van der Waals surface area contributed by atoms with Crippen LogP contribution in [0.1, 0.15) is 45.5 Å². The molecule has 1 aliphatic heterocycles. The quantitative estimate of drug-likeness (QED) is 0.797. The zero-order valence-electron chi connectivity index (χ0n) is 10.6. The second-order valence-electron chi connectivity index (χ2n) is 5.00. The molecule has 5 heteroatoms. The van der Waals surface area contributed by atoms with Crippen molar-refractivity contribution in [3.8, 4) is 0 Å². The Bertz CT molecular complexity index is 406. The number of Topliss-reactive ketones (excluding diaryl/α,β-unsaturated/α-hetero) is 1. The summed E-state index contributed by atoms with van der Waals surface area (Å²) < 4.78 is 7.33. The summed E-state index contributed by atoms with van der Waals surface area (Å²) >= 11 is 0. The van der Waals surface area contributed by atoms with Gasteiger partial charge in [-0.15, -0.1) is 0 Å². The lowest BCUT2D eigenvalue weighted by atomic mass is 9.95. The van der Waals surface area contributed by atoms with Gasteiger partial charge in [0.2, 0.25) is 0 Å². The van der Waals surface area contributed by atoms with Crippen LogP contribution < -0.4 is 0 Å². The molecule has 2 heterocycles. The second-order valence-corrected chi connectivity index (χ2v) is 5.00. The highest BCUT2D eigenvalue weighted by Gasteiger charge is 2.37. The third-order valence-corrected chi connectivity index (χ3v) is 3.26. The van der Waals surface area contributed by atoms with Crippen molar-refractivity contribution in [2.24, 2.45) is 0 Å². The van der Waals surface area contributed by atoms with Crippen molar-refractivity contribution >= 4 is 5.78 Å². The fourth-order valence-electron chi connectivity index (χ4n) is 2.16. The molecule has 1 unspecified atom stereocenters. The van der Waals surface area contributed by atoms with E-state index in [0.29, 0.717) is 13.0 Å². The Labute approximate surface area is 101 Å². The van der Waals surface area contributed by atoms with Gasteiger partial charge in [-0.25, -0.2) is 9.67 Å². The van der Waals surface area contributed by atoms with Crippen molar-refractivity contribution < 1.29 is 9.53 Å². The summed E-state index contributed by atoms with van der Waals surface area (Å²) in [6.45, 7) is 6.60. The van der Waals surface area contributed by atoms with Crippen LogP contribution in [-0.2, 0) is 16.0 Å². The van der Waals surface area contributed by atoms with Gasteiger partial charge in [-0.05, 0) is 33.6 Å². The van der Waals surface area contributed by atoms with Crippen molar-refractivity contribution in [2.75, 3.05) is 6.61 Å². The van der Waals surface area contributed by atoms with Crippen LogP contribution in [0, 0.1) is 0 Å². The Hall–Kier alpha value is -1.23. The van der Waals surface area contributed by atoms with E-state index in [-0.39, 0.29) is 11.8 Å². The van der Waals surface area contributed by atoms with E-state index in [0.717, 1.165) is 18.7 Å². The van der Waals surface area contributed by atoms with Gasteiger partial charge in [-0.2, -0.15) is 5.10 Å². The second kappa shape index (κ2) is 4.56. The highest BCUT2D eigenvalue weighted by atomic mass is 16.5. The first kappa shape index (κ1) is 12.2. The SMILES string of the molecule is CC(C)n1ncnc1CC(=O)C1(C)CCCO1. The molecule has 0 saturated carbocycles. The van der Waals surface area contributed by atoms with Gasteiger partial charge in [-0.1, -0.05) is 0 Å². The number of hydrogen-bond acceptors (Lipinski definition) is 4. The third kappa shape index (κ3) is 2.39. The van der Waals surface area contributed by atoms with Gasteiger partial charge >= 0.3 is 0 Å².